The number of rotatable bonds is 2. The third-order valence-corrected chi connectivity index (χ3v) is 6.69. The lowest BCUT2D eigenvalue weighted by Crippen LogP contribution is -2.38. The van der Waals surface area contributed by atoms with Crippen molar-refractivity contribution in [3.63, 3.8) is 0 Å². The Kier molecular flexibility index (Phi) is 5.07. The molecule has 26 heavy (non-hydrogen) atoms. The summed E-state index contributed by atoms with van der Waals surface area (Å²) in [7, 11) is 0. The van der Waals surface area contributed by atoms with Gasteiger partial charge in [-0.05, 0) is 32.6 Å². The van der Waals surface area contributed by atoms with E-state index in [-0.39, 0.29) is 17.6 Å². The molecule has 2 aliphatic rings. The lowest BCUT2D eigenvalue weighted by Gasteiger charge is -2.25. The number of hydrogen-bond acceptors (Lipinski definition) is 5. The molecular weight excluding hydrogens is 348 g/mol. The van der Waals surface area contributed by atoms with Crippen LogP contribution in [0.5, 0.6) is 0 Å². The molecule has 6 nitrogen and oxygen atoms in total. The van der Waals surface area contributed by atoms with Gasteiger partial charge in [-0.15, -0.1) is 0 Å². The Morgan fingerprint density at radius 3 is 2.38 bits per heavy atom. The molecule has 0 atom stereocenters. The second-order valence-electron chi connectivity index (χ2n) is 7.62. The quantitative estimate of drug-likeness (QED) is 0.876. The summed E-state index contributed by atoms with van der Waals surface area (Å²) in [5, 5.41) is 0.544. The normalized spacial score (nSPS) is 20.7. The Bertz CT molecular complexity index is 976. The third-order valence-electron chi connectivity index (χ3n) is 5.72. The summed E-state index contributed by atoms with van der Waals surface area (Å²) in [6, 6.07) is 0.500. The number of aromatic nitrogens is 3. The first-order valence-electron chi connectivity index (χ1n) is 9.83. The van der Waals surface area contributed by atoms with Crippen molar-refractivity contribution >= 4 is 21.6 Å². The van der Waals surface area contributed by atoms with Gasteiger partial charge in [0.05, 0.1) is 11.4 Å². The van der Waals surface area contributed by atoms with Crippen molar-refractivity contribution in [1.29, 1.82) is 0 Å². The predicted molar refractivity (Wildman–Crippen MR) is 104 cm³/mol. The number of aromatic amines is 1. The maximum absolute atomic E-state index is 13.4. The van der Waals surface area contributed by atoms with E-state index < -0.39 is 5.69 Å². The van der Waals surface area contributed by atoms with Crippen LogP contribution in [0.25, 0.3) is 10.2 Å². The standard InChI is InChI=1S/C19H26N4O2S/c1-12-15-16(22-18(25)20-12)26-19(21-13-8-4-2-5-9-13)23(17(15)24)14-10-6-3-7-11-14/h13-14H,2-11H2,1H3,(H,20,22,25). The zero-order valence-electron chi connectivity index (χ0n) is 15.3. The molecule has 2 heterocycles. The number of H-pyrrole nitrogens is 1. The van der Waals surface area contributed by atoms with Crippen LogP contribution in [-0.4, -0.2) is 20.6 Å². The van der Waals surface area contributed by atoms with E-state index in [1.54, 1.807) is 6.92 Å². The minimum absolute atomic E-state index is 0.0403. The Balaban J connectivity index is 1.96. The molecule has 2 aromatic rings. The maximum atomic E-state index is 13.4. The van der Waals surface area contributed by atoms with Crippen molar-refractivity contribution in [2.75, 3.05) is 0 Å². The highest BCUT2D eigenvalue weighted by molar-refractivity contribution is 7.15. The molecule has 0 amide bonds. The average molecular weight is 375 g/mol. The molecule has 140 valence electrons. The Labute approximate surface area is 156 Å². The van der Waals surface area contributed by atoms with Crippen molar-refractivity contribution < 1.29 is 0 Å². The summed E-state index contributed by atoms with van der Waals surface area (Å²) in [5.74, 6) is 0. The number of aryl methyl sites for hydroxylation is 1. The van der Waals surface area contributed by atoms with Gasteiger partial charge in [0.15, 0.2) is 4.80 Å². The van der Waals surface area contributed by atoms with Gasteiger partial charge in [-0.25, -0.2) is 4.79 Å². The maximum Gasteiger partial charge on any atom is 0.346 e. The van der Waals surface area contributed by atoms with Gasteiger partial charge in [-0.3, -0.25) is 14.4 Å². The van der Waals surface area contributed by atoms with Crippen LogP contribution in [0.4, 0.5) is 0 Å². The minimum atomic E-state index is -0.398. The number of fused-ring (bicyclic) bond motifs is 1. The molecule has 0 aromatic carbocycles. The summed E-state index contributed by atoms with van der Waals surface area (Å²) in [6.07, 6.45) is 11.5. The van der Waals surface area contributed by atoms with Gasteiger partial charge in [0.25, 0.3) is 5.56 Å². The average Bonchev–Trinajstić information content (AvgIpc) is 2.62. The third kappa shape index (κ3) is 3.41. The number of nitrogens with one attached hydrogen (secondary N) is 1. The molecule has 2 aromatic heterocycles. The van der Waals surface area contributed by atoms with Crippen LogP contribution in [0.15, 0.2) is 14.6 Å². The summed E-state index contributed by atoms with van der Waals surface area (Å²) in [5.41, 5.74) is 0.168. The monoisotopic (exact) mass is 374 g/mol. The van der Waals surface area contributed by atoms with Crippen molar-refractivity contribution in [3.05, 3.63) is 31.3 Å². The number of hydrogen-bond donors (Lipinski definition) is 1. The molecular formula is C19H26N4O2S. The molecule has 1 N–H and O–H groups in total. The smallest absolute Gasteiger partial charge is 0.309 e. The first kappa shape index (κ1) is 17.6. The van der Waals surface area contributed by atoms with Crippen LogP contribution in [0.2, 0.25) is 0 Å². The first-order chi connectivity index (χ1) is 12.6. The summed E-state index contributed by atoms with van der Waals surface area (Å²) < 4.78 is 1.92. The highest BCUT2D eigenvalue weighted by Gasteiger charge is 2.22. The summed E-state index contributed by atoms with van der Waals surface area (Å²) in [6.45, 7) is 1.78. The van der Waals surface area contributed by atoms with E-state index in [0.717, 1.165) is 43.3 Å². The van der Waals surface area contributed by atoms with Crippen LogP contribution in [0.1, 0.15) is 75.9 Å². The van der Waals surface area contributed by atoms with Crippen LogP contribution in [0, 0.1) is 6.92 Å². The highest BCUT2D eigenvalue weighted by atomic mass is 32.1. The Morgan fingerprint density at radius 2 is 1.69 bits per heavy atom. The SMILES string of the molecule is Cc1[nH]c(=O)nc2sc(=NC3CCCCC3)n(C3CCCCC3)c(=O)c12. The second kappa shape index (κ2) is 7.47. The second-order valence-corrected chi connectivity index (χ2v) is 8.58. The van der Waals surface area contributed by atoms with Gasteiger partial charge >= 0.3 is 5.69 Å². The summed E-state index contributed by atoms with van der Waals surface area (Å²) in [4.78, 5) is 38.2. The van der Waals surface area contributed by atoms with Gasteiger partial charge in [-0.2, -0.15) is 4.98 Å². The predicted octanol–water partition coefficient (Wildman–Crippen LogP) is 3.19. The lowest BCUT2D eigenvalue weighted by molar-refractivity contribution is 0.338. The van der Waals surface area contributed by atoms with Crippen molar-refractivity contribution in [1.82, 2.24) is 14.5 Å². The van der Waals surface area contributed by atoms with Crippen LogP contribution >= 0.6 is 11.3 Å². The van der Waals surface area contributed by atoms with Gasteiger partial charge in [-0.1, -0.05) is 49.9 Å². The molecule has 2 aliphatic carbocycles. The number of nitrogens with zero attached hydrogens (tertiary/aromatic N) is 3. The van der Waals surface area contributed by atoms with Crippen LogP contribution in [0.3, 0.4) is 0 Å². The molecule has 2 saturated carbocycles. The Morgan fingerprint density at radius 1 is 1.04 bits per heavy atom. The van der Waals surface area contributed by atoms with E-state index in [4.69, 9.17) is 4.99 Å². The van der Waals surface area contributed by atoms with E-state index in [1.165, 1.54) is 37.0 Å². The van der Waals surface area contributed by atoms with Crippen molar-refractivity contribution in [3.8, 4) is 0 Å². The van der Waals surface area contributed by atoms with Gasteiger partial charge < -0.3 is 4.98 Å². The molecule has 0 spiro atoms. The first-order valence-corrected chi connectivity index (χ1v) is 10.7. The van der Waals surface area contributed by atoms with Gasteiger partial charge in [0.1, 0.15) is 4.83 Å². The minimum Gasteiger partial charge on any atom is -0.309 e. The van der Waals surface area contributed by atoms with Crippen molar-refractivity contribution in [2.24, 2.45) is 4.99 Å². The van der Waals surface area contributed by atoms with Gasteiger partial charge in [0.2, 0.25) is 0 Å². The topological polar surface area (TPSA) is 80.1 Å². The van der Waals surface area contributed by atoms with Gasteiger partial charge in [0, 0.05) is 11.7 Å². The molecule has 0 bridgehead atoms. The lowest BCUT2D eigenvalue weighted by atomic mass is 9.95. The fourth-order valence-corrected chi connectivity index (χ4v) is 5.52. The fourth-order valence-electron chi connectivity index (χ4n) is 4.34. The fraction of sp³-hybridized carbons (Fsp3) is 0.684. The van der Waals surface area contributed by atoms with E-state index in [9.17, 15) is 9.59 Å². The van der Waals surface area contributed by atoms with E-state index in [0.29, 0.717) is 15.9 Å². The van der Waals surface area contributed by atoms with E-state index in [1.807, 2.05) is 4.57 Å². The molecule has 0 radical (unpaired) electrons. The van der Waals surface area contributed by atoms with Crippen LogP contribution in [-0.2, 0) is 0 Å². The largest absolute Gasteiger partial charge is 0.346 e. The zero-order valence-corrected chi connectivity index (χ0v) is 16.1. The highest BCUT2D eigenvalue weighted by Crippen LogP contribution is 2.27. The molecule has 4 rings (SSSR count). The van der Waals surface area contributed by atoms with Crippen molar-refractivity contribution in [2.45, 2.75) is 83.2 Å². The molecule has 0 unspecified atom stereocenters. The molecule has 0 aliphatic heterocycles. The van der Waals surface area contributed by atoms with E-state index in [2.05, 4.69) is 9.97 Å². The zero-order chi connectivity index (χ0) is 18.1. The molecule has 7 heteroatoms. The molecule has 0 saturated heterocycles. The molecule has 2 fully saturated rings. The summed E-state index contributed by atoms with van der Waals surface area (Å²) >= 11 is 1.41. The van der Waals surface area contributed by atoms with E-state index >= 15 is 0 Å². The van der Waals surface area contributed by atoms with Crippen LogP contribution < -0.4 is 16.1 Å². The Hall–Kier alpha value is -1.76.